The van der Waals surface area contributed by atoms with E-state index in [-0.39, 0.29) is 29.8 Å². The summed E-state index contributed by atoms with van der Waals surface area (Å²) in [5, 5.41) is 2.88. The largest absolute Gasteiger partial charge is 0.355 e. The van der Waals surface area contributed by atoms with Crippen LogP contribution in [0.25, 0.3) is 0 Å². The van der Waals surface area contributed by atoms with Gasteiger partial charge in [0.05, 0.1) is 10.8 Å². The van der Waals surface area contributed by atoms with Crippen molar-refractivity contribution in [3.8, 4) is 0 Å². The van der Waals surface area contributed by atoms with E-state index in [9.17, 15) is 13.2 Å². The molecule has 29 heavy (non-hydrogen) atoms. The number of piperidine rings is 1. The molecule has 7 heteroatoms. The number of likely N-dealkylation sites (tertiary alicyclic amines) is 1. The maximum atomic E-state index is 12.5. The van der Waals surface area contributed by atoms with Gasteiger partial charge in [0.15, 0.2) is 0 Å². The van der Waals surface area contributed by atoms with Crippen molar-refractivity contribution in [1.82, 2.24) is 14.9 Å². The molecule has 0 radical (unpaired) electrons. The van der Waals surface area contributed by atoms with E-state index in [1.807, 2.05) is 25.1 Å². The highest BCUT2D eigenvalue weighted by Gasteiger charge is 2.25. The molecule has 0 bridgehead atoms. The second-order valence-electron chi connectivity index (χ2n) is 7.56. The van der Waals surface area contributed by atoms with E-state index in [2.05, 4.69) is 27.1 Å². The van der Waals surface area contributed by atoms with Crippen LogP contribution in [0, 0.1) is 12.8 Å². The van der Waals surface area contributed by atoms with E-state index in [0.29, 0.717) is 0 Å². The number of sulfonamides is 1. The molecule has 2 N–H and O–H groups in total. The normalized spacial score (nSPS) is 17.8. The Kier molecular flexibility index (Phi) is 7.41. The Balaban J connectivity index is 1.42. The van der Waals surface area contributed by atoms with Crippen molar-refractivity contribution in [3.63, 3.8) is 0 Å². The van der Waals surface area contributed by atoms with Gasteiger partial charge in [0, 0.05) is 26.2 Å². The predicted octanol–water partition coefficient (Wildman–Crippen LogP) is 2.30. The number of rotatable bonds is 8. The fourth-order valence-electron chi connectivity index (χ4n) is 3.57. The molecule has 0 aliphatic carbocycles. The van der Waals surface area contributed by atoms with Crippen molar-refractivity contribution < 1.29 is 13.2 Å². The van der Waals surface area contributed by atoms with Crippen LogP contribution in [0.2, 0.25) is 0 Å². The maximum absolute atomic E-state index is 12.5. The fourth-order valence-corrected chi connectivity index (χ4v) is 4.60. The van der Waals surface area contributed by atoms with Crippen LogP contribution in [0.4, 0.5) is 0 Å². The molecular formula is C22H29N3O3S. The van der Waals surface area contributed by atoms with Crippen LogP contribution >= 0.6 is 0 Å². The van der Waals surface area contributed by atoms with E-state index in [1.54, 1.807) is 24.3 Å². The Bertz CT molecular complexity index is 899. The molecule has 0 saturated carbocycles. The van der Waals surface area contributed by atoms with Crippen LogP contribution < -0.4 is 10.0 Å². The van der Waals surface area contributed by atoms with E-state index in [4.69, 9.17) is 0 Å². The highest BCUT2D eigenvalue weighted by molar-refractivity contribution is 7.89. The molecular weight excluding hydrogens is 386 g/mol. The zero-order valence-corrected chi connectivity index (χ0v) is 17.6. The number of aryl methyl sites for hydroxylation is 1. The fraction of sp³-hybridized carbons (Fsp3) is 0.409. The first-order chi connectivity index (χ1) is 13.9. The minimum atomic E-state index is -3.55. The quantitative estimate of drug-likeness (QED) is 0.649. The third kappa shape index (κ3) is 6.39. The Morgan fingerprint density at radius 2 is 1.79 bits per heavy atom. The van der Waals surface area contributed by atoms with Crippen molar-refractivity contribution in [1.29, 1.82) is 0 Å². The molecule has 0 spiro atoms. The van der Waals surface area contributed by atoms with Crippen molar-refractivity contribution >= 4 is 15.9 Å². The van der Waals surface area contributed by atoms with Crippen molar-refractivity contribution in [2.45, 2.75) is 31.2 Å². The SMILES string of the molecule is Cc1ccc(S(=O)(=O)NCCNC(=O)[C@@H]2CCCN(Cc3ccccc3)C2)cc1. The van der Waals surface area contributed by atoms with Crippen LogP contribution in [0.3, 0.4) is 0 Å². The molecule has 3 rings (SSSR count). The molecule has 1 saturated heterocycles. The van der Waals surface area contributed by atoms with Gasteiger partial charge in [-0.3, -0.25) is 9.69 Å². The lowest BCUT2D eigenvalue weighted by atomic mass is 9.96. The van der Waals surface area contributed by atoms with Gasteiger partial charge in [-0.1, -0.05) is 48.0 Å². The summed E-state index contributed by atoms with van der Waals surface area (Å²) in [5.41, 5.74) is 2.25. The number of nitrogens with zero attached hydrogens (tertiary/aromatic N) is 1. The highest BCUT2D eigenvalue weighted by Crippen LogP contribution is 2.18. The Morgan fingerprint density at radius 1 is 1.07 bits per heavy atom. The van der Waals surface area contributed by atoms with Gasteiger partial charge in [0.25, 0.3) is 0 Å². The molecule has 1 amide bonds. The smallest absolute Gasteiger partial charge is 0.240 e. The van der Waals surface area contributed by atoms with E-state index in [0.717, 1.165) is 38.0 Å². The molecule has 1 fully saturated rings. The third-order valence-corrected chi connectivity index (χ3v) is 6.65. The molecule has 0 aromatic heterocycles. The molecule has 6 nitrogen and oxygen atoms in total. The standard InChI is InChI=1S/C22H29N3O3S/c1-18-9-11-21(12-10-18)29(27,28)24-14-13-23-22(26)20-8-5-15-25(17-20)16-19-6-3-2-4-7-19/h2-4,6-7,9-12,20,24H,5,8,13-17H2,1H3,(H,23,26)/t20-/m1/s1. The van der Waals surface area contributed by atoms with Crippen molar-refractivity contribution in [3.05, 3.63) is 65.7 Å². The average Bonchev–Trinajstić information content (AvgIpc) is 2.72. The minimum absolute atomic E-state index is 0.00250. The molecule has 1 aliphatic heterocycles. The minimum Gasteiger partial charge on any atom is -0.355 e. The van der Waals surface area contributed by atoms with Crippen molar-refractivity contribution in [2.24, 2.45) is 5.92 Å². The summed E-state index contributed by atoms with van der Waals surface area (Å²) in [7, 11) is -3.55. The first kappa shape index (κ1) is 21.5. The lowest BCUT2D eigenvalue weighted by Gasteiger charge is -2.32. The van der Waals surface area contributed by atoms with Crippen LogP contribution in [0.1, 0.15) is 24.0 Å². The van der Waals surface area contributed by atoms with Crippen LogP contribution in [0.15, 0.2) is 59.5 Å². The lowest BCUT2D eigenvalue weighted by Crippen LogP contribution is -2.44. The molecule has 0 unspecified atom stereocenters. The zero-order valence-electron chi connectivity index (χ0n) is 16.8. The summed E-state index contributed by atoms with van der Waals surface area (Å²) in [5.74, 6) is -0.0570. The predicted molar refractivity (Wildman–Crippen MR) is 114 cm³/mol. The Hall–Kier alpha value is -2.22. The molecule has 2 aromatic rings. The Labute approximate surface area is 173 Å². The van der Waals surface area contributed by atoms with Gasteiger partial charge >= 0.3 is 0 Å². The number of hydrogen-bond acceptors (Lipinski definition) is 4. The molecule has 1 aliphatic rings. The van der Waals surface area contributed by atoms with Gasteiger partial charge in [-0.25, -0.2) is 13.1 Å². The van der Waals surface area contributed by atoms with Gasteiger partial charge < -0.3 is 5.32 Å². The summed E-state index contributed by atoms with van der Waals surface area (Å²) in [6.07, 6.45) is 1.86. The number of hydrogen-bond donors (Lipinski definition) is 2. The maximum Gasteiger partial charge on any atom is 0.240 e. The lowest BCUT2D eigenvalue weighted by molar-refractivity contribution is -0.126. The molecule has 156 valence electrons. The number of benzene rings is 2. The van der Waals surface area contributed by atoms with Crippen molar-refractivity contribution in [2.75, 3.05) is 26.2 Å². The van der Waals surface area contributed by atoms with Gasteiger partial charge in [-0.2, -0.15) is 0 Å². The third-order valence-electron chi connectivity index (χ3n) is 5.17. The van der Waals surface area contributed by atoms with Gasteiger partial charge in [-0.15, -0.1) is 0 Å². The van der Waals surface area contributed by atoms with Crippen LogP contribution in [-0.2, 0) is 21.4 Å². The first-order valence-corrected chi connectivity index (χ1v) is 11.5. The summed E-state index contributed by atoms with van der Waals surface area (Å²) >= 11 is 0. The topological polar surface area (TPSA) is 78.5 Å². The summed E-state index contributed by atoms with van der Waals surface area (Å²) in [6.45, 7) is 4.93. The zero-order chi connectivity index (χ0) is 20.7. The van der Waals surface area contributed by atoms with E-state index < -0.39 is 10.0 Å². The summed E-state index contributed by atoms with van der Waals surface area (Å²) in [6, 6.07) is 17.0. The molecule has 2 aromatic carbocycles. The van der Waals surface area contributed by atoms with E-state index >= 15 is 0 Å². The van der Waals surface area contributed by atoms with Gasteiger partial charge in [0.2, 0.25) is 15.9 Å². The van der Waals surface area contributed by atoms with Gasteiger partial charge in [0.1, 0.15) is 0 Å². The van der Waals surface area contributed by atoms with Crippen LogP contribution in [0.5, 0.6) is 0 Å². The van der Waals surface area contributed by atoms with Crippen LogP contribution in [-0.4, -0.2) is 45.4 Å². The number of carbonyl (C=O) groups excluding carboxylic acids is 1. The van der Waals surface area contributed by atoms with E-state index in [1.165, 1.54) is 5.56 Å². The molecule has 1 atom stereocenters. The Morgan fingerprint density at radius 3 is 2.52 bits per heavy atom. The first-order valence-electron chi connectivity index (χ1n) is 10.0. The number of carbonyl (C=O) groups is 1. The second-order valence-corrected chi connectivity index (χ2v) is 9.33. The summed E-state index contributed by atoms with van der Waals surface area (Å²) in [4.78, 5) is 15.1. The highest BCUT2D eigenvalue weighted by atomic mass is 32.2. The number of nitrogens with one attached hydrogen (secondary N) is 2. The number of amides is 1. The van der Waals surface area contributed by atoms with Gasteiger partial charge in [-0.05, 0) is 44.0 Å². The second kappa shape index (κ2) is 10.0. The average molecular weight is 416 g/mol. The monoisotopic (exact) mass is 415 g/mol. The molecule has 1 heterocycles. The summed E-state index contributed by atoms with van der Waals surface area (Å²) < 4.78 is 27.1.